The first kappa shape index (κ1) is 13.1. The topological polar surface area (TPSA) is 59.5 Å². The number of rotatable bonds is 5. The molecule has 0 aromatic carbocycles. The third kappa shape index (κ3) is 3.60. The molecule has 2 N–H and O–H groups in total. The first-order chi connectivity index (χ1) is 8.79. The third-order valence-electron chi connectivity index (χ3n) is 3.71. The Bertz CT molecular complexity index is 354. The van der Waals surface area contributed by atoms with E-state index in [1.54, 1.807) is 6.26 Å². The van der Waals surface area contributed by atoms with Crippen LogP contribution >= 0.6 is 0 Å². The Kier molecular flexibility index (Phi) is 4.81. The Hall–Kier alpha value is -1.29. The van der Waals surface area contributed by atoms with Crippen LogP contribution in [0.15, 0.2) is 22.8 Å². The number of carbonyl (C=O) groups is 1. The van der Waals surface area contributed by atoms with Gasteiger partial charge >= 0.3 is 0 Å². The molecule has 4 heteroatoms. The highest BCUT2D eigenvalue weighted by Crippen LogP contribution is 2.20. The van der Waals surface area contributed by atoms with Crippen LogP contribution in [0.3, 0.4) is 0 Å². The zero-order chi connectivity index (χ0) is 12.8. The molecular formula is C14H22N2O2. The Balaban J connectivity index is 1.70. The van der Waals surface area contributed by atoms with Crippen LogP contribution in [0.4, 0.5) is 0 Å². The maximum Gasteiger partial charge on any atom is 0.223 e. The summed E-state index contributed by atoms with van der Waals surface area (Å²) in [6, 6.07) is 3.78. The summed E-state index contributed by atoms with van der Waals surface area (Å²) in [6.07, 6.45) is 6.20. The summed E-state index contributed by atoms with van der Waals surface area (Å²) in [5.74, 6) is 1.85. The lowest BCUT2D eigenvalue weighted by Gasteiger charge is -2.31. The number of furan rings is 1. The van der Waals surface area contributed by atoms with E-state index in [-0.39, 0.29) is 5.91 Å². The van der Waals surface area contributed by atoms with Crippen molar-refractivity contribution in [1.82, 2.24) is 4.90 Å². The summed E-state index contributed by atoms with van der Waals surface area (Å²) in [7, 11) is 0. The van der Waals surface area contributed by atoms with E-state index in [2.05, 4.69) is 0 Å². The van der Waals surface area contributed by atoms with Crippen LogP contribution in [0.1, 0.15) is 31.4 Å². The van der Waals surface area contributed by atoms with Gasteiger partial charge in [-0.25, -0.2) is 0 Å². The zero-order valence-electron chi connectivity index (χ0n) is 10.8. The van der Waals surface area contributed by atoms with Gasteiger partial charge in [0.25, 0.3) is 0 Å². The fourth-order valence-corrected chi connectivity index (χ4v) is 2.55. The van der Waals surface area contributed by atoms with E-state index in [1.165, 1.54) is 0 Å². The lowest BCUT2D eigenvalue weighted by molar-refractivity contribution is -0.132. The molecule has 100 valence electrons. The predicted molar refractivity (Wildman–Crippen MR) is 70.0 cm³/mol. The number of aryl methyl sites for hydroxylation is 1. The molecule has 1 aliphatic rings. The molecule has 1 saturated heterocycles. The molecule has 18 heavy (non-hydrogen) atoms. The summed E-state index contributed by atoms with van der Waals surface area (Å²) in [4.78, 5) is 14.0. The molecule has 4 nitrogen and oxygen atoms in total. The van der Waals surface area contributed by atoms with Gasteiger partial charge in [-0.3, -0.25) is 4.79 Å². The van der Waals surface area contributed by atoms with Crippen LogP contribution in [0.2, 0.25) is 0 Å². The van der Waals surface area contributed by atoms with Gasteiger partial charge in [-0.2, -0.15) is 0 Å². The molecule has 0 bridgehead atoms. The number of nitrogens with two attached hydrogens (primary N) is 1. The lowest BCUT2D eigenvalue weighted by Crippen LogP contribution is -2.38. The summed E-state index contributed by atoms with van der Waals surface area (Å²) in [6.45, 7) is 2.54. The van der Waals surface area contributed by atoms with Crippen molar-refractivity contribution >= 4 is 5.91 Å². The normalized spacial score (nSPS) is 17.1. The van der Waals surface area contributed by atoms with Crippen LogP contribution in [0, 0.1) is 5.92 Å². The molecule has 0 spiro atoms. The summed E-state index contributed by atoms with van der Waals surface area (Å²) in [5.41, 5.74) is 5.56. The molecule has 1 fully saturated rings. The monoisotopic (exact) mass is 250 g/mol. The second-order valence-corrected chi connectivity index (χ2v) is 4.98. The van der Waals surface area contributed by atoms with Crippen molar-refractivity contribution in [2.45, 2.75) is 32.1 Å². The van der Waals surface area contributed by atoms with E-state index in [0.717, 1.165) is 44.7 Å². The van der Waals surface area contributed by atoms with E-state index in [0.29, 0.717) is 18.8 Å². The second-order valence-electron chi connectivity index (χ2n) is 4.98. The fourth-order valence-electron chi connectivity index (χ4n) is 2.55. The quantitative estimate of drug-likeness (QED) is 0.867. The Morgan fingerprint density at radius 1 is 1.44 bits per heavy atom. The number of carbonyl (C=O) groups excluding carboxylic acids is 1. The number of hydrogen-bond acceptors (Lipinski definition) is 3. The minimum Gasteiger partial charge on any atom is -0.469 e. The standard InChI is InChI=1S/C14H22N2O2/c15-8-5-12-6-9-16(10-7-12)14(17)4-3-13-2-1-11-18-13/h1-2,11-12H,3-10,15H2. The average molecular weight is 250 g/mol. The highest BCUT2D eigenvalue weighted by atomic mass is 16.3. The van der Waals surface area contributed by atoms with E-state index in [1.807, 2.05) is 17.0 Å². The minimum absolute atomic E-state index is 0.248. The Labute approximate surface area is 108 Å². The fraction of sp³-hybridized carbons (Fsp3) is 0.643. The molecule has 1 amide bonds. The number of piperidine rings is 1. The van der Waals surface area contributed by atoms with Gasteiger partial charge in [0.05, 0.1) is 6.26 Å². The van der Waals surface area contributed by atoms with Gasteiger partial charge in [-0.05, 0) is 43.9 Å². The van der Waals surface area contributed by atoms with Crippen molar-refractivity contribution in [1.29, 1.82) is 0 Å². The molecule has 2 rings (SSSR count). The van der Waals surface area contributed by atoms with Gasteiger partial charge in [0, 0.05) is 25.9 Å². The van der Waals surface area contributed by atoms with Crippen LogP contribution < -0.4 is 5.73 Å². The van der Waals surface area contributed by atoms with Crippen molar-refractivity contribution in [2.24, 2.45) is 11.7 Å². The number of likely N-dealkylation sites (tertiary alicyclic amines) is 1. The van der Waals surface area contributed by atoms with Gasteiger partial charge in [-0.15, -0.1) is 0 Å². The SMILES string of the molecule is NCCC1CCN(C(=O)CCc2ccco2)CC1. The van der Waals surface area contributed by atoms with Crippen LogP contribution in [0.5, 0.6) is 0 Å². The van der Waals surface area contributed by atoms with Crippen molar-refractivity contribution in [2.75, 3.05) is 19.6 Å². The van der Waals surface area contributed by atoms with E-state index >= 15 is 0 Å². The molecule has 1 aliphatic heterocycles. The van der Waals surface area contributed by atoms with Gasteiger partial charge in [0.1, 0.15) is 5.76 Å². The molecule has 0 aliphatic carbocycles. The van der Waals surface area contributed by atoms with Crippen LogP contribution in [0.25, 0.3) is 0 Å². The molecule has 1 aromatic heterocycles. The van der Waals surface area contributed by atoms with E-state index in [4.69, 9.17) is 10.2 Å². The summed E-state index contributed by atoms with van der Waals surface area (Å²) < 4.78 is 5.24. The summed E-state index contributed by atoms with van der Waals surface area (Å²) >= 11 is 0. The average Bonchev–Trinajstić information content (AvgIpc) is 2.90. The Morgan fingerprint density at radius 3 is 2.83 bits per heavy atom. The lowest BCUT2D eigenvalue weighted by atomic mass is 9.93. The number of hydrogen-bond donors (Lipinski definition) is 1. The second kappa shape index (κ2) is 6.59. The highest BCUT2D eigenvalue weighted by Gasteiger charge is 2.22. The van der Waals surface area contributed by atoms with Gasteiger partial charge in [-0.1, -0.05) is 0 Å². The Morgan fingerprint density at radius 2 is 2.22 bits per heavy atom. The largest absolute Gasteiger partial charge is 0.469 e. The number of amides is 1. The molecule has 1 aromatic rings. The third-order valence-corrected chi connectivity index (χ3v) is 3.71. The van der Waals surface area contributed by atoms with Crippen molar-refractivity contribution in [3.05, 3.63) is 24.2 Å². The van der Waals surface area contributed by atoms with Gasteiger partial charge < -0.3 is 15.1 Å². The van der Waals surface area contributed by atoms with Gasteiger partial charge in [0.15, 0.2) is 0 Å². The van der Waals surface area contributed by atoms with E-state index < -0.39 is 0 Å². The molecule has 0 unspecified atom stereocenters. The van der Waals surface area contributed by atoms with Crippen molar-refractivity contribution in [3.8, 4) is 0 Å². The minimum atomic E-state index is 0.248. The first-order valence-corrected chi connectivity index (χ1v) is 6.80. The van der Waals surface area contributed by atoms with Gasteiger partial charge in [0.2, 0.25) is 5.91 Å². The molecule has 0 radical (unpaired) electrons. The molecule has 0 saturated carbocycles. The molecular weight excluding hydrogens is 228 g/mol. The maximum atomic E-state index is 12.0. The zero-order valence-corrected chi connectivity index (χ0v) is 10.8. The molecule has 2 heterocycles. The highest BCUT2D eigenvalue weighted by molar-refractivity contribution is 5.76. The van der Waals surface area contributed by atoms with Crippen molar-refractivity contribution < 1.29 is 9.21 Å². The number of nitrogens with zero attached hydrogens (tertiary/aromatic N) is 1. The smallest absolute Gasteiger partial charge is 0.223 e. The first-order valence-electron chi connectivity index (χ1n) is 6.80. The van der Waals surface area contributed by atoms with Crippen LogP contribution in [-0.2, 0) is 11.2 Å². The van der Waals surface area contributed by atoms with E-state index in [9.17, 15) is 4.79 Å². The van der Waals surface area contributed by atoms with Crippen molar-refractivity contribution in [3.63, 3.8) is 0 Å². The molecule has 0 atom stereocenters. The summed E-state index contributed by atoms with van der Waals surface area (Å²) in [5, 5.41) is 0. The maximum absolute atomic E-state index is 12.0. The predicted octanol–water partition coefficient (Wildman–Crippen LogP) is 1.80. The van der Waals surface area contributed by atoms with Crippen LogP contribution in [-0.4, -0.2) is 30.4 Å².